The van der Waals surface area contributed by atoms with Crippen LogP contribution in [0.25, 0.3) is 0 Å². The van der Waals surface area contributed by atoms with Gasteiger partial charge in [-0.05, 0) is 44.0 Å². The zero-order chi connectivity index (χ0) is 15.8. The van der Waals surface area contributed by atoms with E-state index in [-0.39, 0.29) is 5.91 Å². The van der Waals surface area contributed by atoms with E-state index in [0.717, 1.165) is 30.0 Å². The molecule has 1 aromatic rings. The van der Waals surface area contributed by atoms with Crippen LogP contribution in [0.5, 0.6) is 5.75 Å². The Balaban J connectivity index is 2.79. The lowest BCUT2D eigenvalue weighted by atomic mass is 10.1. The Morgan fingerprint density at radius 1 is 1.38 bits per heavy atom. The van der Waals surface area contributed by atoms with E-state index in [1.165, 1.54) is 5.56 Å². The first-order valence-corrected chi connectivity index (χ1v) is 7.35. The largest absolute Gasteiger partial charge is 0.480 e. The van der Waals surface area contributed by atoms with Gasteiger partial charge in [-0.2, -0.15) is 0 Å². The van der Waals surface area contributed by atoms with Gasteiger partial charge in [-0.25, -0.2) is 0 Å². The number of amides is 1. The number of aryl methyl sites for hydroxylation is 2. The van der Waals surface area contributed by atoms with Crippen LogP contribution in [-0.2, 0) is 11.3 Å². The van der Waals surface area contributed by atoms with Crippen LogP contribution in [0, 0.1) is 13.8 Å². The summed E-state index contributed by atoms with van der Waals surface area (Å²) in [5.41, 5.74) is 3.32. The minimum atomic E-state index is -0.526. The predicted octanol–water partition coefficient (Wildman–Crippen LogP) is 2.48. The molecule has 0 fully saturated rings. The molecule has 1 rings (SSSR count). The van der Waals surface area contributed by atoms with Crippen LogP contribution in [0.2, 0.25) is 0 Å². The van der Waals surface area contributed by atoms with Crippen molar-refractivity contribution in [3.05, 3.63) is 41.5 Å². The van der Waals surface area contributed by atoms with E-state index in [2.05, 4.69) is 36.3 Å². The van der Waals surface area contributed by atoms with E-state index in [1.54, 1.807) is 13.0 Å². The Labute approximate surface area is 127 Å². The smallest absolute Gasteiger partial charge is 0.261 e. The zero-order valence-corrected chi connectivity index (χ0v) is 13.5. The van der Waals surface area contributed by atoms with Crippen molar-refractivity contribution in [2.45, 2.75) is 40.3 Å². The fourth-order valence-electron chi connectivity index (χ4n) is 2.14. The maximum Gasteiger partial charge on any atom is 0.261 e. The molecule has 1 aromatic carbocycles. The fourth-order valence-corrected chi connectivity index (χ4v) is 2.14. The maximum atomic E-state index is 11.8. The molecule has 2 N–H and O–H groups in total. The molecule has 0 heterocycles. The number of benzene rings is 1. The second kappa shape index (κ2) is 8.47. The van der Waals surface area contributed by atoms with Crippen molar-refractivity contribution < 1.29 is 9.53 Å². The van der Waals surface area contributed by atoms with Gasteiger partial charge in [-0.15, -0.1) is 6.58 Å². The van der Waals surface area contributed by atoms with E-state index < -0.39 is 6.10 Å². The predicted molar refractivity (Wildman–Crippen MR) is 86.6 cm³/mol. The monoisotopic (exact) mass is 290 g/mol. The lowest BCUT2D eigenvalue weighted by Gasteiger charge is -2.19. The number of rotatable bonds is 8. The summed E-state index contributed by atoms with van der Waals surface area (Å²) in [4.78, 5) is 11.8. The molecule has 0 radical (unpaired) electrons. The Morgan fingerprint density at radius 3 is 2.52 bits per heavy atom. The second-order valence-electron chi connectivity index (χ2n) is 5.13. The molecule has 4 nitrogen and oxygen atoms in total. The van der Waals surface area contributed by atoms with Crippen molar-refractivity contribution in [3.63, 3.8) is 0 Å². The number of ether oxygens (including phenoxy) is 1. The van der Waals surface area contributed by atoms with Gasteiger partial charge >= 0.3 is 0 Å². The van der Waals surface area contributed by atoms with Gasteiger partial charge in [0.15, 0.2) is 6.10 Å². The van der Waals surface area contributed by atoms with Crippen molar-refractivity contribution in [2.75, 3.05) is 13.1 Å². The van der Waals surface area contributed by atoms with Crippen molar-refractivity contribution in [1.29, 1.82) is 0 Å². The van der Waals surface area contributed by atoms with Crippen LogP contribution in [0.4, 0.5) is 0 Å². The van der Waals surface area contributed by atoms with E-state index in [9.17, 15) is 4.79 Å². The minimum Gasteiger partial charge on any atom is -0.480 e. The van der Waals surface area contributed by atoms with Gasteiger partial charge in [0.2, 0.25) is 0 Å². The van der Waals surface area contributed by atoms with E-state index in [1.807, 2.05) is 13.8 Å². The summed E-state index contributed by atoms with van der Waals surface area (Å²) in [5, 5.41) is 6.04. The quantitative estimate of drug-likeness (QED) is 0.723. The molecular weight excluding hydrogens is 264 g/mol. The highest BCUT2D eigenvalue weighted by molar-refractivity contribution is 5.80. The first-order chi connectivity index (χ1) is 9.99. The second-order valence-corrected chi connectivity index (χ2v) is 5.13. The van der Waals surface area contributed by atoms with Gasteiger partial charge < -0.3 is 15.4 Å². The van der Waals surface area contributed by atoms with Crippen LogP contribution in [0.3, 0.4) is 0 Å². The van der Waals surface area contributed by atoms with Crippen LogP contribution >= 0.6 is 0 Å². The maximum absolute atomic E-state index is 11.8. The summed E-state index contributed by atoms with van der Waals surface area (Å²) < 4.78 is 5.83. The molecule has 4 heteroatoms. The Morgan fingerprint density at radius 2 is 2.00 bits per heavy atom. The molecule has 1 atom stereocenters. The summed E-state index contributed by atoms with van der Waals surface area (Å²) in [6.07, 6.45) is 1.12. The Hall–Kier alpha value is -1.81. The van der Waals surface area contributed by atoms with E-state index in [0.29, 0.717) is 6.54 Å². The highest BCUT2D eigenvalue weighted by Crippen LogP contribution is 2.26. The molecule has 0 spiro atoms. The first kappa shape index (κ1) is 17.2. The first-order valence-electron chi connectivity index (χ1n) is 7.35. The topological polar surface area (TPSA) is 50.4 Å². The van der Waals surface area contributed by atoms with Gasteiger partial charge in [0, 0.05) is 13.1 Å². The summed E-state index contributed by atoms with van der Waals surface area (Å²) >= 11 is 0. The number of hydrogen-bond donors (Lipinski definition) is 2. The standard InChI is InChI=1S/C17H26N2O2/c1-6-8-19-17(20)14(5)21-16-12(3)9-15(10-13(16)4)11-18-7-2/h6,9-10,14,18H,1,7-8,11H2,2-5H3,(H,19,20). The highest BCUT2D eigenvalue weighted by Gasteiger charge is 2.16. The third-order valence-electron chi connectivity index (χ3n) is 3.18. The van der Waals surface area contributed by atoms with Crippen LogP contribution < -0.4 is 15.4 Å². The molecule has 0 saturated carbocycles. The highest BCUT2D eigenvalue weighted by atomic mass is 16.5. The fraction of sp³-hybridized carbons (Fsp3) is 0.471. The molecule has 1 amide bonds. The van der Waals surface area contributed by atoms with Gasteiger partial charge in [-0.3, -0.25) is 4.79 Å². The van der Waals surface area contributed by atoms with Gasteiger partial charge in [0.05, 0.1) is 0 Å². The average molecular weight is 290 g/mol. The molecule has 0 saturated heterocycles. The van der Waals surface area contributed by atoms with Gasteiger partial charge in [0.25, 0.3) is 5.91 Å². The number of hydrogen-bond acceptors (Lipinski definition) is 3. The molecule has 0 aromatic heterocycles. The molecule has 116 valence electrons. The lowest BCUT2D eigenvalue weighted by molar-refractivity contribution is -0.127. The summed E-state index contributed by atoms with van der Waals surface area (Å²) in [7, 11) is 0. The minimum absolute atomic E-state index is 0.134. The molecule has 21 heavy (non-hydrogen) atoms. The Bertz CT molecular complexity index is 475. The zero-order valence-electron chi connectivity index (χ0n) is 13.5. The number of nitrogens with one attached hydrogen (secondary N) is 2. The van der Waals surface area contributed by atoms with Gasteiger partial charge in [-0.1, -0.05) is 25.1 Å². The molecule has 1 unspecified atom stereocenters. The van der Waals surface area contributed by atoms with Crippen molar-refractivity contribution in [3.8, 4) is 5.75 Å². The van der Waals surface area contributed by atoms with Gasteiger partial charge in [0.1, 0.15) is 5.75 Å². The number of carbonyl (C=O) groups is 1. The normalized spacial score (nSPS) is 11.8. The third-order valence-corrected chi connectivity index (χ3v) is 3.18. The van der Waals surface area contributed by atoms with Crippen LogP contribution in [0.1, 0.15) is 30.5 Å². The molecule has 0 aliphatic carbocycles. The molecule has 0 aliphatic rings. The van der Waals surface area contributed by atoms with Crippen molar-refractivity contribution in [2.24, 2.45) is 0 Å². The average Bonchev–Trinajstić information content (AvgIpc) is 2.45. The van der Waals surface area contributed by atoms with Crippen molar-refractivity contribution >= 4 is 5.91 Å². The molecular formula is C17H26N2O2. The number of carbonyl (C=O) groups excluding carboxylic acids is 1. The van der Waals surface area contributed by atoms with Crippen LogP contribution in [-0.4, -0.2) is 25.1 Å². The molecule has 0 aliphatic heterocycles. The molecule has 0 bridgehead atoms. The van der Waals surface area contributed by atoms with E-state index >= 15 is 0 Å². The third kappa shape index (κ3) is 5.23. The summed E-state index contributed by atoms with van der Waals surface area (Å²) in [6.45, 7) is 13.7. The van der Waals surface area contributed by atoms with E-state index in [4.69, 9.17) is 4.74 Å². The summed E-state index contributed by atoms with van der Waals surface area (Å²) in [5.74, 6) is 0.655. The summed E-state index contributed by atoms with van der Waals surface area (Å²) in [6, 6.07) is 4.19. The lowest BCUT2D eigenvalue weighted by Crippen LogP contribution is -2.36. The van der Waals surface area contributed by atoms with Crippen LogP contribution in [0.15, 0.2) is 24.8 Å². The SMILES string of the molecule is C=CCNC(=O)C(C)Oc1c(C)cc(CNCC)cc1C. The Kier molecular flexibility index (Phi) is 6.96. The van der Waals surface area contributed by atoms with Crippen molar-refractivity contribution in [1.82, 2.24) is 10.6 Å².